The van der Waals surface area contributed by atoms with Crippen molar-refractivity contribution in [2.24, 2.45) is 0 Å². The van der Waals surface area contributed by atoms with Crippen LogP contribution < -0.4 is 0 Å². The van der Waals surface area contributed by atoms with Crippen molar-refractivity contribution in [1.29, 1.82) is 0 Å². The van der Waals surface area contributed by atoms with Crippen LogP contribution in [0, 0.1) is 0 Å². The first kappa shape index (κ1) is 16.1. The fourth-order valence-corrected chi connectivity index (χ4v) is 2.80. The van der Waals surface area contributed by atoms with Gasteiger partial charge in [0.1, 0.15) is 11.5 Å². The molecule has 0 unspecified atom stereocenters. The fourth-order valence-electron chi connectivity index (χ4n) is 2.80. The van der Waals surface area contributed by atoms with E-state index in [4.69, 9.17) is 0 Å². The number of carbonyl (C=O) groups is 1. The summed E-state index contributed by atoms with van der Waals surface area (Å²) in [7, 11) is 0. The van der Waals surface area contributed by atoms with E-state index in [1.54, 1.807) is 48.5 Å². The second-order valence-corrected chi connectivity index (χ2v) is 6.67. The molecule has 2 N–H and O–H groups in total. The zero-order valence-electron chi connectivity index (χ0n) is 13.4. The Kier molecular flexibility index (Phi) is 4.01. The maximum Gasteiger partial charge on any atom is 0.152 e. The molecule has 0 fully saturated rings. The van der Waals surface area contributed by atoms with E-state index in [0.717, 1.165) is 11.1 Å². The molecular formula is C19H22O3. The summed E-state index contributed by atoms with van der Waals surface area (Å²) in [6, 6.07) is 13.5. The largest absolute Gasteiger partial charge is 0.508 e. The third kappa shape index (κ3) is 2.84. The van der Waals surface area contributed by atoms with Gasteiger partial charge in [-0.3, -0.25) is 4.79 Å². The Labute approximate surface area is 131 Å². The van der Waals surface area contributed by atoms with E-state index < -0.39 is 10.8 Å². The van der Waals surface area contributed by atoms with Crippen molar-refractivity contribution >= 4 is 5.78 Å². The Morgan fingerprint density at radius 2 is 0.955 bits per heavy atom. The normalized spacial score (nSPS) is 12.2. The van der Waals surface area contributed by atoms with E-state index in [9.17, 15) is 15.0 Å². The smallest absolute Gasteiger partial charge is 0.152 e. The number of hydrogen-bond donors (Lipinski definition) is 2. The van der Waals surface area contributed by atoms with E-state index in [1.165, 1.54) is 0 Å². The number of phenols is 2. The number of Topliss-reactive ketones (excluding diaryl/α,β-unsaturated/α-hetero) is 1. The third-order valence-electron chi connectivity index (χ3n) is 4.31. The first-order valence-electron chi connectivity index (χ1n) is 7.29. The van der Waals surface area contributed by atoms with Gasteiger partial charge in [-0.2, -0.15) is 0 Å². The highest BCUT2D eigenvalue weighted by Crippen LogP contribution is 2.36. The van der Waals surface area contributed by atoms with Crippen LogP contribution in [0.1, 0.15) is 38.8 Å². The van der Waals surface area contributed by atoms with E-state index in [2.05, 4.69) is 0 Å². The summed E-state index contributed by atoms with van der Waals surface area (Å²) >= 11 is 0. The van der Waals surface area contributed by atoms with Gasteiger partial charge in [0.2, 0.25) is 0 Å². The van der Waals surface area contributed by atoms with Gasteiger partial charge in [-0.25, -0.2) is 0 Å². The molecule has 0 bridgehead atoms. The lowest BCUT2D eigenvalue weighted by Gasteiger charge is -2.34. The highest BCUT2D eigenvalue weighted by molar-refractivity contribution is 5.97. The van der Waals surface area contributed by atoms with E-state index >= 15 is 0 Å². The minimum absolute atomic E-state index is 0.0800. The Morgan fingerprint density at radius 3 is 1.23 bits per heavy atom. The van der Waals surface area contributed by atoms with Crippen molar-refractivity contribution < 1.29 is 15.0 Å². The maximum atomic E-state index is 13.1. The second kappa shape index (κ2) is 5.48. The van der Waals surface area contributed by atoms with E-state index in [1.807, 2.05) is 27.7 Å². The number of phenolic OH excluding ortho intramolecular Hbond substituents is 2. The lowest BCUT2D eigenvalue weighted by Crippen LogP contribution is -2.42. The average molecular weight is 298 g/mol. The predicted octanol–water partition coefficient (Wildman–Crippen LogP) is 3.92. The molecule has 0 aliphatic rings. The monoisotopic (exact) mass is 298 g/mol. The molecule has 0 heterocycles. The number of aromatic hydroxyl groups is 2. The molecule has 116 valence electrons. The van der Waals surface area contributed by atoms with Crippen LogP contribution in [0.15, 0.2) is 48.5 Å². The molecule has 3 heteroatoms. The van der Waals surface area contributed by atoms with Gasteiger partial charge in [-0.15, -0.1) is 0 Å². The SMILES string of the molecule is CC(C)(C(=O)C(C)(C)c1ccc(O)cc1)c1ccc(O)cc1. The Morgan fingerprint density at radius 1 is 0.682 bits per heavy atom. The lowest BCUT2D eigenvalue weighted by atomic mass is 9.67. The van der Waals surface area contributed by atoms with Gasteiger partial charge >= 0.3 is 0 Å². The summed E-state index contributed by atoms with van der Waals surface area (Å²) in [6.07, 6.45) is 0. The fraction of sp³-hybridized carbons (Fsp3) is 0.316. The molecule has 2 aromatic rings. The molecule has 0 amide bonds. The van der Waals surface area contributed by atoms with Crippen molar-refractivity contribution in [2.75, 3.05) is 0 Å². The summed E-state index contributed by atoms with van der Waals surface area (Å²) in [5, 5.41) is 18.8. The number of ketones is 1. The zero-order valence-corrected chi connectivity index (χ0v) is 13.4. The van der Waals surface area contributed by atoms with Gasteiger partial charge in [-0.1, -0.05) is 24.3 Å². The first-order valence-corrected chi connectivity index (χ1v) is 7.29. The second-order valence-electron chi connectivity index (χ2n) is 6.67. The summed E-state index contributed by atoms with van der Waals surface area (Å²) in [5.74, 6) is 0.450. The number of rotatable bonds is 4. The van der Waals surface area contributed by atoms with Crippen molar-refractivity contribution in [3.63, 3.8) is 0 Å². The van der Waals surface area contributed by atoms with Crippen molar-refractivity contribution in [3.8, 4) is 11.5 Å². The van der Waals surface area contributed by atoms with Gasteiger partial charge in [0.15, 0.2) is 5.78 Å². The standard InChI is InChI=1S/C19H22O3/c1-18(2,13-5-9-15(20)10-6-13)17(22)19(3,4)14-7-11-16(21)12-8-14/h5-12,20-21H,1-4H3. The molecule has 0 aliphatic heterocycles. The quantitative estimate of drug-likeness (QED) is 0.899. The molecule has 0 atom stereocenters. The summed E-state index contributed by atoms with van der Waals surface area (Å²) in [6.45, 7) is 7.57. The molecule has 0 radical (unpaired) electrons. The highest BCUT2D eigenvalue weighted by atomic mass is 16.3. The van der Waals surface area contributed by atoms with Crippen LogP contribution in [0.2, 0.25) is 0 Å². The van der Waals surface area contributed by atoms with Crippen LogP contribution in [0.25, 0.3) is 0 Å². The molecule has 0 saturated carbocycles. The third-order valence-corrected chi connectivity index (χ3v) is 4.31. The van der Waals surface area contributed by atoms with Crippen molar-refractivity contribution in [1.82, 2.24) is 0 Å². The van der Waals surface area contributed by atoms with Crippen molar-refractivity contribution in [2.45, 2.75) is 38.5 Å². The van der Waals surface area contributed by atoms with Gasteiger partial charge in [0, 0.05) is 10.8 Å². The van der Waals surface area contributed by atoms with Crippen molar-refractivity contribution in [3.05, 3.63) is 59.7 Å². The number of carbonyl (C=O) groups excluding carboxylic acids is 1. The molecule has 0 saturated heterocycles. The molecule has 2 rings (SSSR count). The molecule has 0 spiro atoms. The predicted molar refractivity (Wildman–Crippen MR) is 87.3 cm³/mol. The number of hydrogen-bond acceptors (Lipinski definition) is 3. The Bertz CT molecular complexity index is 605. The highest BCUT2D eigenvalue weighted by Gasteiger charge is 2.41. The summed E-state index contributed by atoms with van der Waals surface area (Å²) in [5.41, 5.74) is 0.355. The molecule has 0 aromatic heterocycles. The van der Waals surface area contributed by atoms with Crippen LogP contribution in [0.3, 0.4) is 0 Å². The maximum absolute atomic E-state index is 13.1. The molecule has 3 nitrogen and oxygen atoms in total. The molecule has 22 heavy (non-hydrogen) atoms. The van der Waals surface area contributed by atoms with Crippen LogP contribution in [0.5, 0.6) is 11.5 Å². The van der Waals surface area contributed by atoms with Crippen LogP contribution in [0.4, 0.5) is 0 Å². The van der Waals surface area contributed by atoms with Crippen LogP contribution >= 0.6 is 0 Å². The van der Waals surface area contributed by atoms with Crippen LogP contribution in [-0.2, 0) is 15.6 Å². The van der Waals surface area contributed by atoms with E-state index in [0.29, 0.717) is 0 Å². The lowest BCUT2D eigenvalue weighted by molar-refractivity contribution is -0.128. The van der Waals surface area contributed by atoms with Gasteiger partial charge in [-0.05, 0) is 63.1 Å². The molecule has 2 aromatic carbocycles. The Hall–Kier alpha value is -2.29. The topological polar surface area (TPSA) is 57.5 Å². The first-order chi connectivity index (χ1) is 10.2. The minimum atomic E-state index is -0.685. The molecular weight excluding hydrogens is 276 g/mol. The van der Waals surface area contributed by atoms with Crippen LogP contribution in [-0.4, -0.2) is 16.0 Å². The van der Waals surface area contributed by atoms with E-state index in [-0.39, 0.29) is 17.3 Å². The number of benzene rings is 2. The molecule has 0 aliphatic carbocycles. The summed E-state index contributed by atoms with van der Waals surface area (Å²) < 4.78 is 0. The van der Waals surface area contributed by atoms with Gasteiger partial charge in [0.25, 0.3) is 0 Å². The Balaban J connectivity index is 2.39. The minimum Gasteiger partial charge on any atom is -0.508 e. The van der Waals surface area contributed by atoms with Gasteiger partial charge < -0.3 is 10.2 Å². The zero-order chi connectivity index (χ0) is 16.5. The average Bonchev–Trinajstić information content (AvgIpc) is 2.47. The van der Waals surface area contributed by atoms with Gasteiger partial charge in [0.05, 0.1) is 0 Å². The summed E-state index contributed by atoms with van der Waals surface area (Å²) in [4.78, 5) is 13.1.